The summed E-state index contributed by atoms with van der Waals surface area (Å²) in [7, 11) is -2.87. The maximum absolute atomic E-state index is 14.0. The Balaban J connectivity index is 1.14. The molecule has 0 aromatic heterocycles. The topological polar surface area (TPSA) is 74.4 Å². The van der Waals surface area contributed by atoms with Crippen LogP contribution in [0, 0.1) is 23.7 Å². The van der Waals surface area contributed by atoms with Gasteiger partial charge in [-0.1, -0.05) is 31.0 Å². The lowest BCUT2D eigenvalue weighted by molar-refractivity contribution is -0.0519. The van der Waals surface area contributed by atoms with Crippen LogP contribution in [0.3, 0.4) is 0 Å². The summed E-state index contributed by atoms with van der Waals surface area (Å²) in [5, 5.41) is 0.555. The molecule has 1 N–H and O–H groups in total. The van der Waals surface area contributed by atoms with E-state index in [1.165, 1.54) is 30.4 Å². The van der Waals surface area contributed by atoms with Crippen molar-refractivity contribution in [3.8, 4) is 5.75 Å². The number of hydrogen-bond donors (Lipinski definition) is 1. The van der Waals surface area contributed by atoms with Crippen molar-refractivity contribution in [2.75, 3.05) is 70.5 Å². The first-order valence-electron chi connectivity index (χ1n) is 19.6. The smallest absolute Gasteiger partial charge is 0.262 e. The maximum Gasteiger partial charge on any atom is 0.262 e. The number of rotatable bonds is 2. The number of anilines is 1. The van der Waals surface area contributed by atoms with Crippen LogP contribution in [0.15, 0.2) is 36.4 Å². The molecule has 6 aliphatic rings. The van der Waals surface area contributed by atoms with E-state index >= 15 is 0 Å². The van der Waals surface area contributed by atoms with Gasteiger partial charge in [-0.2, -0.15) is 0 Å². The molecule has 8 rings (SSSR count). The number of ether oxygens (including phenoxy) is 2. The van der Waals surface area contributed by atoms with Crippen molar-refractivity contribution in [3.63, 3.8) is 0 Å². The van der Waals surface area contributed by atoms with Gasteiger partial charge in [-0.25, -0.2) is 4.21 Å². The molecule has 8 atom stereocenters. The molecule has 4 aliphatic heterocycles. The zero-order valence-corrected chi connectivity index (χ0v) is 32.2. The number of hydrogen-bond acceptors (Lipinski definition) is 7. The summed E-state index contributed by atoms with van der Waals surface area (Å²) >= 11 is 6.52. The SMILES string of the molecule is C=S1(=O)NC(=O)c2ccc3c(c2)N(C[C@@H]2CC[C@H]2[C@H](CN2CCN4CCOC[C@@H]4C2)CCC[C@H](C)[C@H]1C)C[C@@]1(CCCc2cc(Cl)ccc21)CO3. The second-order valence-corrected chi connectivity index (χ2v) is 19.7. The minimum atomic E-state index is -2.87. The summed E-state index contributed by atoms with van der Waals surface area (Å²) in [5.74, 6) is 6.61. The number of benzene rings is 2. The van der Waals surface area contributed by atoms with E-state index < -0.39 is 9.71 Å². The Bertz CT molecular complexity index is 1720. The van der Waals surface area contributed by atoms with Gasteiger partial charge in [-0.3, -0.25) is 14.4 Å². The Morgan fingerprint density at radius 3 is 2.76 bits per heavy atom. The van der Waals surface area contributed by atoms with Gasteiger partial charge in [-0.15, -0.1) is 0 Å². The minimum Gasteiger partial charge on any atom is -0.490 e. The first-order valence-corrected chi connectivity index (χ1v) is 21.8. The third-order valence-electron chi connectivity index (χ3n) is 13.8. The molecule has 4 heterocycles. The van der Waals surface area contributed by atoms with Crippen LogP contribution < -0.4 is 14.4 Å². The van der Waals surface area contributed by atoms with Crippen molar-refractivity contribution >= 4 is 38.8 Å². The number of halogens is 1. The van der Waals surface area contributed by atoms with E-state index in [-0.39, 0.29) is 22.5 Å². The summed E-state index contributed by atoms with van der Waals surface area (Å²) in [5.41, 5.74) is 3.99. The standard InChI is InChI=1S/C41H57ClN4O4S/c1-28-6-4-7-32(22-44-16-17-45-18-19-49-25-35(45)24-44)36-12-9-33(36)23-46-26-41(15-5-8-30-20-34(42)11-13-37(30)41)27-50-39-14-10-31(21-38(39)46)40(47)43-51(3,48)29(28)2/h10-11,13-14,20-21,28-29,32-33,35-36H,3-9,12,15-19,22-27H2,1-2H3,(H,43,47,48)/t28-,29+,32-,33-,35-,36-,41-,51?/m0/s1. The van der Waals surface area contributed by atoms with Gasteiger partial charge in [0.25, 0.3) is 5.91 Å². The normalized spacial score (nSPS) is 36.5. The predicted molar refractivity (Wildman–Crippen MR) is 208 cm³/mol. The van der Waals surface area contributed by atoms with Gasteiger partial charge in [0.15, 0.2) is 0 Å². The second kappa shape index (κ2) is 14.5. The van der Waals surface area contributed by atoms with Gasteiger partial charge in [0.2, 0.25) is 0 Å². The fraction of sp³-hybridized carbons (Fsp3) is 0.659. The highest BCUT2D eigenvalue weighted by Gasteiger charge is 2.45. The van der Waals surface area contributed by atoms with E-state index in [1.807, 2.05) is 31.2 Å². The van der Waals surface area contributed by atoms with Crippen molar-refractivity contribution in [2.24, 2.45) is 23.7 Å². The number of piperazine rings is 1. The van der Waals surface area contributed by atoms with Crippen LogP contribution in [0.1, 0.15) is 80.3 Å². The number of carbonyl (C=O) groups is 1. The van der Waals surface area contributed by atoms with E-state index in [2.05, 4.69) is 44.3 Å². The van der Waals surface area contributed by atoms with Crippen LogP contribution in [0.4, 0.5) is 5.69 Å². The molecule has 2 aromatic carbocycles. The molecule has 1 saturated carbocycles. The van der Waals surface area contributed by atoms with Crippen LogP contribution in [0.25, 0.3) is 0 Å². The molecule has 2 aromatic rings. The van der Waals surface area contributed by atoms with E-state index in [0.29, 0.717) is 36.0 Å². The quantitative estimate of drug-likeness (QED) is 0.377. The Labute approximate surface area is 310 Å². The summed E-state index contributed by atoms with van der Waals surface area (Å²) in [4.78, 5) is 21.7. The number of nitrogens with zero attached hydrogens (tertiary/aromatic N) is 3. The van der Waals surface area contributed by atoms with Gasteiger partial charge >= 0.3 is 0 Å². The number of nitrogens with one attached hydrogen (secondary N) is 1. The molecule has 0 radical (unpaired) electrons. The molecule has 8 nitrogen and oxygen atoms in total. The molecule has 3 fully saturated rings. The molecule has 2 bridgehead atoms. The molecular weight excluding hydrogens is 680 g/mol. The zero-order valence-electron chi connectivity index (χ0n) is 30.6. The summed E-state index contributed by atoms with van der Waals surface area (Å²) in [6.07, 6.45) is 8.93. The van der Waals surface area contributed by atoms with Gasteiger partial charge in [-0.05, 0) is 123 Å². The van der Waals surface area contributed by atoms with Crippen molar-refractivity contribution in [2.45, 2.75) is 81.9 Å². The lowest BCUT2D eigenvalue weighted by Crippen LogP contribution is -2.59. The van der Waals surface area contributed by atoms with Crippen molar-refractivity contribution in [1.29, 1.82) is 0 Å². The number of carbonyl (C=O) groups excluding carboxylic acids is 1. The Kier molecular flexibility index (Phi) is 10.2. The first kappa shape index (κ1) is 35.7. The van der Waals surface area contributed by atoms with E-state index in [4.69, 9.17) is 21.1 Å². The highest BCUT2D eigenvalue weighted by atomic mass is 35.5. The van der Waals surface area contributed by atoms with Crippen LogP contribution in [-0.2, 0) is 26.3 Å². The fourth-order valence-electron chi connectivity index (χ4n) is 10.4. The third-order valence-corrected chi connectivity index (χ3v) is 16.2. The van der Waals surface area contributed by atoms with E-state index in [1.54, 1.807) is 0 Å². The lowest BCUT2D eigenvalue weighted by atomic mass is 9.65. The average Bonchev–Trinajstić information content (AvgIpc) is 3.25. The molecule has 1 spiro atoms. The van der Waals surface area contributed by atoms with Gasteiger partial charge in [0.1, 0.15) is 5.75 Å². The number of aryl methyl sites for hydroxylation is 1. The molecule has 2 aliphatic carbocycles. The molecule has 10 heteroatoms. The summed E-state index contributed by atoms with van der Waals surface area (Å²) in [6, 6.07) is 12.7. The molecular formula is C41H57ClN4O4S. The van der Waals surface area contributed by atoms with Crippen molar-refractivity contribution < 1.29 is 18.5 Å². The number of fused-ring (bicyclic) bond motifs is 5. The third kappa shape index (κ3) is 7.19. The first-order chi connectivity index (χ1) is 24.6. The van der Waals surface area contributed by atoms with Crippen molar-refractivity contribution in [1.82, 2.24) is 14.5 Å². The van der Waals surface area contributed by atoms with Crippen LogP contribution in [-0.4, -0.2) is 103 Å². The van der Waals surface area contributed by atoms with Crippen molar-refractivity contribution in [3.05, 3.63) is 58.1 Å². The Morgan fingerprint density at radius 1 is 1.04 bits per heavy atom. The molecule has 2 saturated heterocycles. The van der Waals surface area contributed by atoms with Crippen LogP contribution >= 0.6 is 11.6 Å². The van der Waals surface area contributed by atoms with Crippen LogP contribution in [0.2, 0.25) is 5.02 Å². The molecule has 278 valence electrons. The average molecular weight is 737 g/mol. The number of morpholine rings is 1. The summed E-state index contributed by atoms with van der Waals surface area (Å²) in [6.45, 7) is 13.8. The lowest BCUT2D eigenvalue weighted by Gasteiger charge is -2.49. The summed E-state index contributed by atoms with van der Waals surface area (Å²) < 4.78 is 29.5. The van der Waals surface area contributed by atoms with Gasteiger partial charge in [0, 0.05) is 73.1 Å². The number of amides is 1. The largest absolute Gasteiger partial charge is 0.490 e. The maximum atomic E-state index is 14.0. The molecule has 1 unspecified atom stereocenters. The highest BCUT2D eigenvalue weighted by molar-refractivity contribution is 7.99. The highest BCUT2D eigenvalue weighted by Crippen LogP contribution is 2.48. The fourth-order valence-corrected chi connectivity index (χ4v) is 12.0. The monoisotopic (exact) mass is 736 g/mol. The van der Waals surface area contributed by atoms with Crippen LogP contribution in [0.5, 0.6) is 5.75 Å². The van der Waals surface area contributed by atoms with E-state index in [0.717, 1.165) is 108 Å². The Hall–Kier alpha value is -2.30. The molecule has 1 amide bonds. The van der Waals surface area contributed by atoms with E-state index in [9.17, 15) is 9.00 Å². The second-order valence-electron chi connectivity index (χ2n) is 16.8. The zero-order chi connectivity index (χ0) is 35.3. The van der Waals surface area contributed by atoms with Gasteiger partial charge in [0.05, 0.1) is 35.2 Å². The Morgan fingerprint density at radius 2 is 1.92 bits per heavy atom. The van der Waals surface area contributed by atoms with Gasteiger partial charge < -0.3 is 19.3 Å². The molecule has 51 heavy (non-hydrogen) atoms. The predicted octanol–water partition coefficient (Wildman–Crippen LogP) is 6.04. The minimum absolute atomic E-state index is 0.173.